The van der Waals surface area contributed by atoms with Gasteiger partial charge in [0.25, 0.3) is 0 Å². The zero-order valence-electron chi connectivity index (χ0n) is 17.5. The summed E-state index contributed by atoms with van der Waals surface area (Å²) in [6.45, 7) is 2.09. The molecule has 2 aliphatic rings. The highest BCUT2D eigenvalue weighted by Gasteiger charge is 2.36. The van der Waals surface area contributed by atoms with Gasteiger partial charge in [-0.15, -0.1) is 0 Å². The van der Waals surface area contributed by atoms with E-state index >= 15 is 0 Å². The van der Waals surface area contributed by atoms with Crippen molar-refractivity contribution in [2.75, 3.05) is 0 Å². The number of nitrogens with one attached hydrogen (secondary N) is 3. The van der Waals surface area contributed by atoms with Crippen molar-refractivity contribution in [3.05, 3.63) is 107 Å². The summed E-state index contributed by atoms with van der Waals surface area (Å²) in [5.74, 6) is -1.24. The van der Waals surface area contributed by atoms with Crippen LogP contribution in [-0.2, 0) is 14.4 Å². The maximum absolute atomic E-state index is 13.4. The normalized spacial score (nSPS) is 24.7. The summed E-state index contributed by atoms with van der Waals surface area (Å²) < 4.78 is 0. The fourth-order valence-electron chi connectivity index (χ4n) is 4.43. The zero-order chi connectivity index (χ0) is 22.2. The molecular formula is C26H23N3O3. The first-order valence-corrected chi connectivity index (χ1v) is 10.7. The first kappa shape index (κ1) is 20.0. The monoisotopic (exact) mass is 425 g/mol. The number of benzene rings is 3. The second-order valence-electron chi connectivity index (χ2n) is 8.30. The molecule has 0 spiro atoms. The molecule has 0 aliphatic carbocycles. The van der Waals surface area contributed by atoms with Crippen LogP contribution >= 0.6 is 0 Å². The fraction of sp³-hybridized carbons (Fsp3) is 0.192. The van der Waals surface area contributed by atoms with E-state index < -0.39 is 35.8 Å². The SMILES string of the molecule is CC1c2cccc(c2)C2NC(=O)C(c3ccccc3)NC(=O)C(NC2=O)c2cccc1c2. The molecule has 32 heavy (non-hydrogen) atoms. The summed E-state index contributed by atoms with van der Waals surface area (Å²) in [5, 5.41) is 8.58. The Bertz CT molecular complexity index is 1190. The molecule has 1 saturated heterocycles. The van der Waals surface area contributed by atoms with Gasteiger partial charge in [-0.1, -0.05) is 85.8 Å². The highest BCUT2D eigenvalue weighted by atomic mass is 16.2. The molecule has 4 unspecified atom stereocenters. The van der Waals surface area contributed by atoms with Gasteiger partial charge in [-0.3, -0.25) is 14.4 Å². The lowest BCUT2D eigenvalue weighted by atomic mass is 9.89. The molecule has 4 atom stereocenters. The molecule has 6 nitrogen and oxygen atoms in total. The second-order valence-corrected chi connectivity index (χ2v) is 8.30. The minimum Gasteiger partial charge on any atom is -0.338 e. The van der Waals surface area contributed by atoms with Gasteiger partial charge < -0.3 is 16.0 Å². The van der Waals surface area contributed by atoms with Crippen LogP contribution in [0, 0.1) is 0 Å². The lowest BCUT2D eigenvalue weighted by Gasteiger charge is -2.22. The van der Waals surface area contributed by atoms with Gasteiger partial charge in [0.1, 0.15) is 18.1 Å². The topological polar surface area (TPSA) is 87.3 Å². The predicted molar refractivity (Wildman–Crippen MR) is 119 cm³/mol. The Labute approximate surface area is 186 Å². The number of hydrogen-bond donors (Lipinski definition) is 3. The van der Waals surface area contributed by atoms with E-state index in [2.05, 4.69) is 22.9 Å². The Balaban J connectivity index is 1.71. The summed E-state index contributed by atoms with van der Waals surface area (Å²) >= 11 is 0. The molecule has 1 fully saturated rings. The third kappa shape index (κ3) is 3.54. The van der Waals surface area contributed by atoms with Gasteiger partial charge in [0, 0.05) is 5.92 Å². The third-order valence-electron chi connectivity index (χ3n) is 6.27. The van der Waals surface area contributed by atoms with E-state index in [-0.39, 0.29) is 5.92 Å². The van der Waals surface area contributed by atoms with Gasteiger partial charge in [0.15, 0.2) is 0 Å². The fourth-order valence-corrected chi connectivity index (χ4v) is 4.43. The highest BCUT2D eigenvalue weighted by molar-refractivity contribution is 5.98. The van der Waals surface area contributed by atoms with Crippen LogP contribution in [0.15, 0.2) is 78.9 Å². The van der Waals surface area contributed by atoms with Gasteiger partial charge in [-0.25, -0.2) is 0 Å². The Kier molecular flexibility index (Phi) is 4.98. The smallest absolute Gasteiger partial charge is 0.248 e. The van der Waals surface area contributed by atoms with E-state index in [1.165, 1.54) is 0 Å². The predicted octanol–water partition coefficient (Wildman–Crippen LogP) is 3.04. The van der Waals surface area contributed by atoms with E-state index in [4.69, 9.17) is 0 Å². The van der Waals surface area contributed by atoms with Gasteiger partial charge in [-0.2, -0.15) is 0 Å². The van der Waals surface area contributed by atoms with Crippen molar-refractivity contribution in [1.82, 2.24) is 16.0 Å². The minimum atomic E-state index is -0.924. The molecule has 0 radical (unpaired) electrons. The molecule has 160 valence electrons. The minimum absolute atomic E-state index is 0.0585. The van der Waals surface area contributed by atoms with Crippen molar-refractivity contribution in [2.45, 2.75) is 31.0 Å². The lowest BCUT2D eigenvalue weighted by Crippen LogP contribution is -2.42. The first-order valence-electron chi connectivity index (χ1n) is 10.7. The molecule has 2 heterocycles. The molecular weight excluding hydrogens is 402 g/mol. The van der Waals surface area contributed by atoms with Gasteiger partial charge >= 0.3 is 0 Å². The lowest BCUT2D eigenvalue weighted by molar-refractivity contribution is -0.130. The molecule has 0 aromatic heterocycles. The van der Waals surface area contributed by atoms with Crippen LogP contribution in [0.2, 0.25) is 0 Å². The number of rotatable bonds is 1. The van der Waals surface area contributed by atoms with Crippen LogP contribution in [-0.4, -0.2) is 17.7 Å². The van der Waals surface area contributed by atoms with Crippen molar-refractivity contribution in [3.8, 4) is 0 Å². The summed E-state index contributed by atoms with van der Waals surface area (Å²) in [5.41, 5.74) is 4.08. The van der Waals surface area contributed by atoms with Crippen molar-refractivity contribution >= 4 is 17.7 Å². The summed E-state index contributed by atoms with van der Waals surface area (Å²) in [6.07, 6.45) is 0. The maximum atomic E-state index is 13.4. The van der Waals surface area contributed by atoms with Gasteiger partial charge in [0.05, 0.1) is 0 Å². The van der Waals surface area contributed by atoms with E-state index in [1.54, 1.807) is 12.1 Å². The Morgan fingerprint density at radius 1 is 0.500 bits per heavy atom. The number of amides is 3. The molecule has 6 bridgehead atoms. The number of hydrogen-bond acceptors (Lipinski definition) is 3. The molecule has 3 N–H and O–H groups in total. The molecule has 3 amide bonds. The van der Waals surface area contributed by atoms with Crippen molar-refractivity contribution in [3.63, 3.8) is 0 Å². The average molecular weight is 425 g/mol. The van der Waals surface area contributed by atoms with E-state index in [0.717, 1.165) is 11.1 Å². The Morgan fingerprint density at radius 3 is 1.34 bits per heavy atom. The van der Waals surface area contributed by atoms with Crippen molar-refractivity contribution in [2.24, 2.45) is 0 Å². The average Bonchev–Trinajstić information content (AvgIpc) is 2.87. The Hall–Kier alpha value is -3.93. The largest absolute Gasteiger partial charge is 0.338 e. The van der Waals surface area contributed by atoms with Gasteiger partial charge in [-0.05, 0) is 27.8 Å². The first-order chi connectivity index (χ1) is 15.5. The number of fused-ring (bicyclic) bond motifs is 9. The van der Waals surface area contributed by atoms with Crippen LogP contribution in [0.3, 0.4) is 0 Å². The molecule has 0 saturated carbocycles. The summed E-state index contributed by atoms with van der Waals surface area (Å²) in [4.78, 5) is 40.0. The standard InChI is InChI=1S/C26H23N3O3/c1-15-17-9-5-11-19(13-17)22-25(31)27-21(16-7-3-2-4-8-16)24(30)28-23(26(32)29-22)20-12-6-10-18(15)14-20/h2-15,21-23H,1H3,(H,27,31)(H,28,30)(H,29,32). The maximum Gasteiger partial charge on any atom is 0.248 e. The molecule has 3 aromatic rings. The summed E-state index contributed by atoms with van der Waals surface area (Å²) in [7, 11) is 0. The molecule has 3 aromatic carbocycles. The second kappa shape index (κ2) is 7.96. The summed E-state index contributed by atoms with van der Waals surface area (Å²) in [6, 6.07) is 21.6. The van der Waals surface area contributed by atoms with Crippen LogP contribution in [0.5, 0.6) is 0 Å². The van der Waals surface area contributed by atoms with Crippen LogP contribution in [0.1, 0.15) is 58.8 Å². The quantitative estimate of drug-likeness (QED) is 0.560. The molecule has 6 heteroatoms. The van der Waals surface area contributed by atoms with E-state index in [0.29, 0.717) is 16.7 Å². The van der Waals surface area contributed by atoms with E-state index in [1.807, 2.05) is 66.7 Å². The van der Waals surface area contributed by atoms with Crippen molar-refractivity contribution in [1.29, 1.82) is 0 Å². The van der Waals surface area contributed by atoms with Crippen LogP contribution < -0.4 is 16.0 Å². The Morgan fingerprint density at radius 2 is 0.875 bits per heavy atom. The van der Waals surface area contributed by atoms with E-state index in [9.17, 15) is 14.4 Å². The third-order valence-corrected chi connectivity index (χ3v) is 6.27. The zero-order valence-corrected chi connectivity index (χ0v) is 17.5. The number of carbonyl (C=O) groups is 3. The van der Waals surface area contributed by atoms with Gasteiger partial charge in [0.2, 0.25) is 17.7 Å². The molecule has 2 aliphatic heterocycles. The highest BCUT2D eigenvalue weighted by Crippen LogP contribution is 2.31. The van der Waals surface area contributed by atoms with Crippen LogP contribution in [0.25, 0.3) is 0 Å². The van der Waals surface area contributed by atoms with Crippen LogP contribution in [0.4, 0.5) is 0 Å². The molecule has 5 rings (SSSR count). The van der Waals surface area contributed by atoms with Crippen molar-refractivity contribution < 1.29 is 14.4 Å². The number of carbonyl (C=O) groups excluding carboxylic acids is 3.